The Morgan fingerprint density at radius 2 is 2.00 bits per heavy atom. The van der Waals surface area contributed by atoms with Gasteiger partial charge < -0.3 is 4.52 Å². The molecule has 0 N–H and O–H groups in total. The van der Waals surface area contributed by atoms with Crippen LogP contribution in [0.4, 0.5) is 0 Å². The molecule has 1 atom stereocenters. The molecule has 1 unspecified atom stereocenters. The van der Waals surface area contributed by atoms with Crippen LogP contribution in [0.3, 0.4) is 0 Å². The van der Waals surface area contributed by atoms with Crippen molar-refractivity contribution in [1.29, 1.82) is 0 Å². The number of aryl methyl sites for hydroxylation is 1. The van der Waals surface area contributed by atoms with Gasteiger partial charge in [-0.1, -0.05) is 24.6 Å². The van der Waals surface area contributed by atoms with Gasteiger partial charge in [0.2, 0.25) is 0 Å². The Balaban J connectivity index is 2.96. The zero-order valence-corrected chi connectivity index (χ0v) is 12.5. The lowest BCUT2D eigenvalue weighted by Gasteiger charge is -2.17. The number of halogens is 1. The van der Waals surface area contributed by atoms with Crippen LogP contribution in [0.25, 0.3) is 0 Å². The highest BCUT2D eigenvalue weighted by atomic mass is 35.5. The highest BCUT2D eigenvalue weighted by molar-refractivity contribution is 7.52. The summed E-state index contributed by atoms with van der Waals surface area (Å²) >= 11 is 5.93. The summed E-state index contributed by atoms with van der Waals surface area (Å²) in [5.74, 6) is 0. The maximum Gasteiger partial charge on any atom is 0.362 e. The van der Waals surface area contributed by atoms with E-state index in [4.69, 9.17) is 20.8 Å². The highest BCUT2D eigenvalue weighted by Crippen LogP contribution is 2.51. The first-order chi connectivity index (χ1) is 8.54. The zero-order chi connectivity index (χ0) is 13.6. The first-order valence-corrected chi connectivity index (χ1v) is 7.88. The van der Waals surface area contributed by atoms with E-state index in [1.165, 1.54) is 7.11 Å². The van der Waals surface area contributed by atoms with E-state index < -0.39 is 7.60 Å². The predicted octanol–water partition coefficient (Wildman–Crippen LogP) is 4.21. The summed E-state index contributed by atoms with van der Waals surface area (Å²) in [6.45, 7) is 4.07. The van der Waals surface area contributed by atoms with E-state index >= 15 is 0 Å². The molecular formula is C12H18ClO4P. The van der Waals surface area contributed by atoms with Crippen LogP contribution in [0.5, 0.6) is 0 Å². The van der Waals surface area contributed by atoms with Gasteiger partial charge >= 0.3 is 7.60 Å². The van der Waals surface area contributed by atoms with Gasteiger partial charge in [-0.05, 0) is 36.6 Å². The number of rotatable bonds is 7. The molecule has 0 saturated carbocycles. The lowest BCUT2D eigenvalue weighted by Crippen LogP contribution is -2.01. The molecule has 0 radical (unpaired) electrons. The Bertz CT molecular complexity index is 426. The van der Waals surface area contributed by atoms with Crippen molar-refractivity contribution in [3.8, 4) is 0 Å². The minimum atomic E-state index is -3.26. The molecule has 0 aliphatic carbocycles. The van der Waals surface area contributed by atoms with E-state index in [-0.39, 0.29) is 6.16 Å². The largest absolute Gasteiger partial charge is 0.362 e. The van der Waals surface area contributed by atoms with Gasteiger partial charge in [-0.3, -0.25) is 4.57 Å². The number of benzene rings is 1. The van der Waals surface area contributed by atoms with Crippen LogP contribution in [-0.4, -0.2) is 13.7 Å². The second-order valence-electron chi connectivity index (χ2n) is 3.69. The average molecular weight is 293 g/mol. The Kier molecular flexibility index (Phi) is 6.33. The van der Waals surface area contributed by atoms with Crippen LogP contribution in [0, 0.1) is 0 Å². The molecular weight excluding hydrogens is 275 g/mol. The molecule has 4 nitrogen and oxygen atoms in total. The number of hydrogen-bond acceptors (Lipinski definition) is 4. The second kappa shape index (κ2) is 7.27. The first kappa shape index (κ1) is 15.7. The molecule has 0 fully saturated rings. The minimum Gasteiger partial charge on any atom is -0.307 e. The van der Waals surface area contributed by atoms with Crippen molar-refractivity contribution in [3.63, 3.8) is 0 Å². The summed E-state index contributed by atoms with van der Waals surface area (Å²) in [5, 5.41) is 0.662. The van der Waals surface area contributed by atoms with Gasteiger partial charge in [0.05, 0.1) is 19.9 Å². The topological polar surface area (TPSA) is 44.8 Å². The molecule has 0 amide bonds. The van der Waals surface area contributed by atoms with Crippen molar-refractivity contribution in [2.45, 2.75) is 26.4 Å². The number of hydrogen-bond donors (Lipinski definition) is 0. The van der Waals surface area contributed by atoms with Crippen molar-refractivity contribution < 1.29 is 18.7 Å². The molecule has 0 aromatic heterocycles. The van der Waals surface area contributed by atoms with E-state index in [2.05, 4.69) is 4.89 Å². The van der Waals surface area contributed by atoms with Crippen molar-refractivity contribution in [1.82, 2.24) is 0 Å². The lowest BCUT2D eigenvalue weighted by molar-refractivity contribution is -0.187. The summed E-state index contributed by atoms with van der Waals surface area (Å²) in [4.78, 5) is 4.51. The fourth-order valence-corrected chi connectivity index (χ4v) is 3.42. The normalized spacial score (nSPS) is 14.4. The summed E-state index contributed by atoms with van der Waals surface area (Å²) in [6, 6.07) is 5.46. The smallest absolute Gasteiger partial charge is 0.307 e. The monoisotopic (exact) mass is 292 g/mol. The SMILES string of the molecule is CCOP(=O)(Cc1ccc(Cl)cc1CC)OOC. The van der Waals surface area contributed by atoms with Gasteiger partial charge in [0, 0.05) is 5.02 Å². The third kappa shape index (κ3) is 4.38. The molecule has 0 bridgehead atoms. The van der Waals surface area contributed by atoms with E-state index in [0.717, 1.165) is 17.5 Å². The molecule has 0 heterocycles. The Morgan fingerprint density at radius 3 is 2.56 bits per heavy atom. The fourth-order valence-electron chi connectivity index (χ4n) is 1.69. The average Bonchev–Trinajstić information content (AvgIpc) is 2.32. The second-order valence-corrected chi connectivity index (χ2v) is 6.08. The van der Waals surface area contributed by atoms with E-state index in [1.54, 1.807) is 13.0 Å². The van der Waals surface area contributed by atoms with E-state index in [0.29, 0.717) is 11.6 Å². The van der Waals surface area contributed by atoms with Crippen LogP contribution >= 0.6 is 19.2 Å². The third-order valence-electron chi connectivity index (χ3n) is 2.43. The molecule has 18 heavy (non-hydrogen) atoms. The molecule has 0 saturated heterocycles. The zero-order valence-electron chi connectivity index (χ0n) is 10.8. The van der Waals surface area contributed by atoms with Gasteiger partial charge in [0.1, 0.15) is 0 Å². The molecule has 0 spiro atoms. The molecule has 0 aliphatic heterocycles. The molecule has 1 aromatic rings. The van der Waals surface area contributed by atoms with Crippen LogP contribution in [0.2, 0.25) is 5.02 Å². The van der Waals surface area contributed by atoms with Crippen molar-refractivity contribution >= 4 is 19.2 Å². The summed E-state index contributed by atoms with van der Waals surface area (Å²) in [7, 11) is -1.95. The van der Waals surface area contributed by atoms with Crippen LogP contribution in [0.1, 0.15) is 25.0 Å². The Labute approximate surface area is 113 Å². The van der Waals surface area contributed by atoms with Crippen LogP contribution < -0.4 is 0 Å². The van der Waals surface area contributed by atoms with Gasteiger partial charge in [0.15, 0.2) is 0 Å². The molecule has 0 aliphatic rings. The van der Waals surface area contributed by atoms with Crippen LogP contribution in [0.15, 0.2) is 18.2 Å². The van der Waals surface area contributed by atoms with E-state index in [1.807, 2.05) is 19.1 Å². The quantitative estimate of drug-likeness (QED) is 0.429. The maximum absolute atomic E-state index is 12.3. The maximum atomic E-state index is 12.3. The third-order valence-corrected chi connectivity index (χ3v) is 4.42. The van der Waals surface area contributed by atoms with Crippen LogP contribution in [-0.2, 0) is 31.2 Å². The molecule has 1 rings (SSSR count). The van der Waals surface area contributed by atoms with Gasteiger partial charge in [0.25, 0.3) is 0 Å². The van der Waals surface area contributed by atoms with Crippen molar-refractivity contribution in [2.75, 3.05) is 13.7 Å². The standard InChI is InChI=1S/C12H18ClO4P/c1-4-10-8-12(13)7-6-11(10)9-18(14,16-5-2)17-15-3/h6-8H,4-5,9H2,1-3H3. The Hall–Kier alpha value is -0.380. The van der Waals surface area contributed by atoms with Gasteiger partial charge in [-0.15, -0.1) is 4.67 Å². The summed E-state index contributed by atoms with van der Waals surface area (Å²) < 4.78 is 22.3. The molecule has 6 heteroatoms. The van der Waals surface area contributed by atoms with Crippen molar-refractivity contribution in [3.05, 3.63) is 34.3 Å². The molecule has 102 valence electrons. The summed E-state index contributed by atoms with van der Waals surface area (Å²) in [6.07, 6.45) is 0.976. The predicted molar refractivity (Wildman–Crippen MR) is 71.9 cm³/mol. The lowest BCUT2D eigenvalue weighted by atomic mass is 10.1. The fraction of sp³-hybridized carbons (Fsp3) is 0.500. The minimum absolute atomic E-state index is 0.176. The molecule has 1 aromatic carbocycles. The first-order valence-electron chi connectivity index (χ1n) is 5.78. The highest BCUT2D eigenvalue weighted by Gasteiger charge is 2.26. The van der Waals surface area contributed by atoms with Gasteiger partial charge in [-0.2, -0.15) is 0 Å². The van der Waals surface area contributed by atoms with Crippen molar-refractivity contribution in [2.24, 2.45) is 0 Å². The summed E-state index contributed by atoms with van der Waals surface area (Å²) in [5.41, 5.74) is 1.93. The van der Waals surface area contributed by atoms with E-state index in [9.17, 15) is 4.57 Å². The van der Waals surface area contributed by atoms with Gasteiger partial charge in [-0.25, -0.2) is 4.89 Å². The Morgan fingerprint density at radius 1 is 1.28 bits per heavy atom.